The third-order valence-corrected chi connectivity index (χ3v) is 6.67. The lowest BCUT2D eigenvalue weighted by atomic mass is 10.1. The molecule has 3 heterocycles. The largest absolute Gasteiger partial charge is 0.473 e. The Morgan fingerprint density at radius 1 is 1.08 bits per heavy atom. The van der Waals surface area contributed by atoms with Gasteiger partial charge in [-0.2, -0.15) is 10.2 Å². The third-order valence-electron chi connectivity index (χ3n) is 6.67. The number of unbranched alkanes of at least 4 members (excludes halogenated alkanes) is 2. The number of nitriles is 1. The molecule has 0 spiro atoms. The molecule has 1 fully saturated rings. The van der Waals surface area contributed by atoms with Crippen molar-refractivity contribution in [1.82, 2.24) is 14.0 Å². The number of ether oxygens (including phenoxy) is 1. The number of fused-ring (bicyclic) bond motifs is 1. The number of amides is 1. The summed E-state index contributed by atoms with van der Waals surface area (Å²) in [7, 11) is 0. The van der Waals surface area contributed by atoms with E-state index in [0.29, 0.717) is 24.3 Å². The number of anilines is 1. The van der Waals surface area contributed by atoms with E-state index < -0.39 is 0 Å². The van der Waals surface area contributed by atoms with Crippen molar-refractivity contribution >= 4 is 17.4 Å². The van der Waals surface area contributed by atoms with Crippen LogP contribution in [0.2, 0.25) is 0 Å². The lowest BCUT2D eigenvalue weighted by Crippen LogP contribution is -2.23. The monoisotopic (exact) mass is 495 g/mol. The number of carbonyl (C=O) groups is 1. The van der Waals surface area contributed by atoms with Crippen molar-refractivity contribution < 1.29 is 9.53 Å². The molecule has 1 saturated heterocycles. The van der Waals surface area contributed by atoms with Crippen LogP contribution in [0.4, 0.5) is 5.69 Å². The third kappa shape index (κ3) is 5.12. The van der Waals surface area contributed by atoms with Gasteiger partial charge in [-0.05, 0) is 48.2 Å². The van der Waals surface area contributed by atoms with Gasteiger partial charge in [0, 0.05) is 31.4 Å². The highest BCUT2D eigenvalue weighted by atomic mass is 16.5. The van der Waals surface area contributed by atoms with E-state index in [4.69, 9.17) is 15.0 Å². The van der Waals surface area contributed by atoms with E-state index >= 15 is 0 Å². The van der Waals surface area contributed by atoms with Gasteiger partial charge >= 0.3 is 0 Å². The lowest BCUT2D eigenvalue weighted by Gasteiger charge is -2.16. The average molecular weight is 496 g/mol. The number of nitrogens with zero attached hydrogens (tertiary/aromatic N) is 5. The van der Waals surface area contributed by atoms with Crippen LogP contribution >= 0.6 is 0 Å². The van der Waals surface area contributed by atoms with Gasteiger partial charge in [0.25, 0.3) is 5.56 Å². The first-order valence-corrected chi connectivity index (χ1v) is 12.7. The first-order chi connectivity index (χ1) is 18.1. The predicted molar refractivity (Wildman–Crippen MR) is 141 cm³/mol. The molecule has 0 aliphatic carbocycles. The normalized spacial score (nSPS) is 13.3. The van der Waals surface area contributed by atoms with Gasteiger partial charge in [0.2, 0.25) is 17.6 Å². The van der Waals surface area contributed by atoms with E-state index in [1.165, 1.54) is 6.07 Å². The Morgan fingerprint density at radius 2 is 1.92 bits per heavy atom. The van der Waals surface area contributed by atoms with E-state index in [0.717, 1.165) is 54.7 Å². The molecule has 0 unspecified atom stereocenters. The Balaban J connectivity index is 1.48. The van der Waals surface area contributed by atoms with Crippen LogP contribution in [0.25, 0.3) is 17.0 Å². The minimum atomic E-state index is -0.222. The number of carbonyl (C=O) groups excluding carboxylic acids is 1. The molecule has 8 heteroatoms. The van der Waals surface area contributed by atoms with Crippen molar-refractivity contribution in [3.8, 4) is 23.2 Å². The van der Waals surface area contributed by atoms with Crippen LogP contribution in [0, 0.1) is 11.3 Å². The Labute approximate surface area is 215 Å². The Morgan fingerprint density at radius 3 is 2.65 bits per heavy atom. The zero-order valence-electron chi connectivity index (χ0n) is 20.9. The quantitative estimate of drug-likeness (QED) is 0.307. The van der Waals surface area contributed by atoms with Crippen LogP contribution in [0.5, 0.6) is 5.88 Å². The van der Waals surface area contributed by atoms with Gasteiger partial charge in [-0.1, -0.05) is 44.0 Å². The molecule has 4 aromatic rings. The van der Waals surface area contributed by atoms with E-state index in [1.807, 2.05) is 41.4 Å². The van der Waals surface area contributed by atoms with Crippen LogP contribution in [0.15, 0.2) is 65.6 Å². The minimum Gasteiger partial charge on any atom is -0.473 e. The predicted octanol–water partition coefficient (Wildman–Crippen LogP) is 4.93. The van der Waals surface area contributed by atoms with Gasteiger partial charge in [-0.25, -0.2) is 0 Å². The average Bonchev–Trinajstić information content (AvgIpc) is 3.52. The fourth-order valence-corrected chi connectivity index (χ4v) is 4.74. The maximum Gasteiger partial charge on any atom is 0.262 e. The summed E-state index contributed by atoms with van der Waals surface area (Å²) in [6.07, 6.45) is 6.40. The number of imidazole rings is 1. The van der Waals surface area contributed by atoms with Crippen LogP contribution < -0.4 is 15.2 Å². The van der Waals surface area contributed by atoms with Crippen molar-refractivity contribution in [1.29, 1.82) is 5.26 Å². The lowest BCUT2D eigenvalue weighted by molar-refractivity contribution is -0.117. The molecule has 188 valence electrons. The van der Waals surface area contributed by atoms with E-state index in [2.05, 4.69) is 17.6 Å². The SMILES string of the molecule is CCCCCn1c(-c2ccc(N3CCCC3=O)cc2)cn2c(=O)cc(OCc3cccc(C#N)c3)nc12. The van der Waals surface area contributed by atoms with Gasteiger partial charge in [-0.3, -0.25) is 14.0 Å². The standard InChI is InChI=1S/C29H29N5O3/c1-2-3-4-14-33-25(23-10-12-24(13-11-23)32-15-6-9-27(32)35)19-34-28(36)17-26(31-29(33)34)37-20-22-8-5-7-21(16-22)18-30/h5,7-8,10-13,16-17,19H,2-4,6,9,14-15,20H2,1H3. The van der Waals surface area contributed by atoms with Gasteiger partial charge in [0.15, 0.2) is 0 Å². The summed E-state index contributed by atoms with van der Waals surface area (Å²) >= 11 is 0. The number of aryl methyl sites for hydroxylation is 1. The Kier molecular flexibility index (Phi) is 7.04. The molecule has 1 aliphatic heterocycles. The summed E-state index contributed by atoms with van der Waals surface area (Å²) in [5.41, 5.74) is 3.90. The molecule has 0 saturated carbocycles. The molecule has 2 aromatic carbocycles. The van der Waals surface area contributed by atoms with E-state index in [-0.39, 0.29) is 24.0 Å². The molecule has 0 bridgehead atoms. The maximum absolute atomic E-state index is 13.0. The smallest absolute Gasteiger partial charge is 0.262 e. The van der Waals surface area contributed by atoms with Gasteiger partial charge in [-0.15, -0.1) is 0 Å². The van der Waals surface area contributed by atoms with Gasteiger partial charge in [0.05, 0.1) is 23.4 Å². The number of aromatic nitrogens is 3. The van der Waals surface area contributed by atoms with Gasteiger partial charge in [0.1, 0.15) is 6.61 Å². The summed E-state index contributed by atoms with van der Waals surface area (Å²) in [6, 6.07) is 18.6. The Bertz CT molecular complexity index is 1530. The Hall–Kier alpha value is -4.38. The van der Waals surface area contributed by atoms with Gasteiger partial charge < -0.3 is 14.2 Å². The highest BCUT2D eigenvalue weighted by Gasteiger charge is 2.22. The number of hydrogen-bond donors (Lipinski definition) is 0. The van der Waals surface area contributed by atoms with Crippen molar-refractivity contribution in [2.24, 2.45) is 0 Å². The minimum absolute atomic E-state index is 0.157. The molecule has 0 radical (unpaired) electrons. The molecule has 2 aromatic heterocycles. The molecule has 1 amide bonds. The van der Waals surface area contributed by atoms with Crippen molar-refractivity contribution in [3.63, 3.8) is 0 Å². The second-order valence-electron chi connectivity index (χ2n) is 9.27. The molecule has 0 N–H and O–H groups in total. The van der Waals surface area contributed by atoms with E-state index in [9.17, 15) is 9.59 Å². The maximum atomic E-state index is 13.0. The number of benzene rings is 2. The van der Waals surface area contributed by atoms with Crippen LogP contribution in [-0.2, 0) is 17.9 Å². The van der Waals surface area contributed by atoms with Crippen molar-refractivity contribution in [2.45, 2.75) is 52.2 Å². The number of rotatable bonds is 9. The van der Waals surface area contributed by atoms with Crippen molar-refractivity contribution in [2.75, 3.05) is 11.4 Å². The summed E-state index contributed by atoms with van der Waals surface area (Å²) in [5.74, 6) is 0.930. The second-order valence-corrected chi connectivity index (χ2v) is 9.27. The topological polar surface area (TPSA) is 92.6 Å². The number of hydrogen-bond acceptors (Lipinski definition) is 5. The highest BCUT2D eigenvalue weighted by Crippen LogP contribution is 2.28. The summed E-state index contributed by atoms with van der Waals surface area (Å²) in [6.45, 7) is 3.83. The van der Waals surface area contributed by atoms with Crippen molar-refractivity contribution in [3.05, 3.63) is 82.3 Å². The van der Waals surface area contributed by atoms with Crippen LogP contribution in [0.3, 0.4) is 0 Å². The first kappa shape index (κ1) is 24.3. The molecule has 0 atom stereocenters. The molecule has 8 nitrogen and oxygen atoms in total. The van der Waals surface area contributed by atoms with Crippen LogP contribution in [0.1, 0.15) is 50.2 Å². The first-order valence-electron chi connectivity index (χ1n) is 12.7. The highest BCUT2D eigenvalue weighted by molar-refractivity contribution is 5.95. The molecule has 1 aliphatic rings. The van der Waals surface area contributed by atoms with E-state index in [1.54, 1.807) is 22.6 Å². The molecular formula is C29H29N5O3. The summed E-state index contributed by atoms with van der Waals surface area (Å²) in [5, 5.41) is 9.13. The summed E-state index contributed by atoms with van der Waals surface area (Å²) in [4.78, 5) is 31.7. The summed E-state index contributed by atoms with van der Waals surface area (Å²) < 4.78 is 9.50. The zero-order chi connectivity index (χ0) is 25.8. The molecule has 37 heavy (non-hydrogen) atoms. The molecule has 5 rings (SSSR count). The fourth-order valence-electron chi connectivity index (χ4n) is 4.74. The molecular weight excluding hydrogens is 466 g/mol. The fraction of sp³-hybridized carbons (Fsp3) is 0.310. The zero-order valence-corrected chi connectivity index (χ0v) is 20.9. The van der Waals surface area contributed by atoms with Crippen LogP contribution in [-0.4, -0.2) is 26.4 Å². The second kappa shape index (κ2) is 10.7.